The van der Waals surface area contributed by atoms with Gasteiger partial charge in [-0.15, -0.1) is 0 Å². The topological polar surface area (TPSA) is 47.0 Å². The van der Waals surface area contributed by atoms with Crippen molar-refractivity contribution in [3.63, 3.8) is 0 Å². The summed E-state index contributed by atoms with van der Waals surface area (Å²) in [6.07, 6.45) is 2.16. The maximum Gasteiger partial charge on any atom is 0.229 e. The molecule has 2 aliphatic heterocycles. The summed E-state index contributed by atoms with van der Waals surface area (Å²) in [4.78, 5) is 19.3. The van der Waals surface area contributed by atoms with E-state index in [1.54, 1.807) is 0 Å². The van der Waals surface area contributed by atoms with E-state index in [0.29, 0.717) is 18.6 Å². The van der Waals surface area contributed by atoms with Crippen molar-refractivity contribution in [3.8, 4) is 0 Å². The SMILES string of the molecule is CC(C(=O)N1CC(N2CCC(CO)CC2)C1)c1ccc(N(C)C)cc1. The molecule has 2 aliphatic rings. The Morgan fingerprint density at radius 1 is 1.20 bits per heavy atom. The monoisotopic (exact) mass is 345 g/mol. The van der Waals surface area contributed by atoms with E-state index in [9.17, 15) is 9.90 Å². The van der Waals surface area contributed by atoms with Gasteiger partial charge in [0.05, 0.1) is 5.92 Å². The molecular weight excluding hydrogens is 314 g/mol. The number of likely N-dealkylation sites (tertiary alicyclic amines) is 2. The van der Waals surface area contributed by atoms with Crippen LogP contribution in [0.1, 0.15) is 31.2 Å². The van der Waals surface area contributed by atoms with Gasteiger partial charge in [-0.25, -0.2) is 0 Å². The summed E-state index contributed by atoms with van der Waals surface area (Å²) < 4.78 is 0. The van der Waals surface area contributed by atoms with Gasteiger partial charge in [-0.1, -0.05) is 12.1 Å². The van der Waals surface area contributed by atoms with Gasteiger partial charge in [-0.3, -0.25) is 9.69 Å². The fourth-order valence-corrected chi connectivity index (χ4v) is 3.84. The third-order valence-electron chi connectivity index (χ3n) is 5.88. The quantitative estimate of drug-likeness (QED) is 0.884. The Bertz CT molecular complexity index is 573. The van der Waals surface area contributed by atoms with Crippen LogP contribution < -0.4 is 4.90 Å². The Balaban J connectivity index is 1.49. The standard InChI is InChI=1S/C20H31N3O2/c1-15(17-4-6-18(7-5-17)21(2)3)20(25)23-12-19(13-23)22-10-8-16(14-24)9-11-22/h4-7,15-16,19,24H,8-14H2,1-3H3. The van der Waals surface area contributed by atoms with Crippen molar-refractivity contribution in [2.24, 2.45) is 5.92 Å². The van der Waals surface area contributed by atoms with Gasteiger partial charge in [0.2, 0.25) is 5.91 Å². The summed E-state index contributed by atoms with van der Waals surface area (Å²) in [6.45, 7) is 6.13. The lowest BCUT2D eigenvalue weighted by Gasteiger charge is -2.48. The number of hydrogen-bond acceptors (Lipinski definition) is 4. The summed E-state index contributed by atoms with van der Waals surface area (Å²) in [5.41, 5.74) is 2.24. The first-order chi connectivity index (χ1) is 12.0. The maximum atomic E-state index is 12.7. The molecule has 5 nitrogen and oxygen atoms in total. The van der Waals surface area contributed by atoms with Crippen LogP contribution in [0.2, 0.25) is 0 Å². The number of hydrogen-bond donors (Lipinski definition) is 1. The average molecular weight is 345 g/mol. The van der Waals surface area contributed by atoms with Crippen LogP contribution >= 0.6 is 0 Å². The molecule has 0 aromatic heterocycles. The van der Waals surface area contributed by atoms with E-state index >= 15 is 0 Å². The van der Waals surface area contributed by atoms with E-state index in [-0.39, 0.29) is 11.8 Å². The second-order valence-corrected chi connectivity index (χ2v) is 7.77. The average Bonchev–Trinajstić information content (AvgIpc) is 2.60. The van der Waals surface area contributed by atoms with Gasteiger partial charge in [0.15, 0.2) is 0 Å². The highest BCUT2D eigenvalue weighted by Crippen LogP contribution is 2.27. The Morgan fingerprint density at radius 3 is 2.32 bits per heavy atom. The predicted molar refractivity (Wildman–Crippen MR) is 101 cm³/mol. The summed E-state index contributed by atoms with van der Waals surface area (Å²) in [7, 11) is 4.04. The van der Waals surface area contributed by atoms with Gasteiger partial charge in [0.1, 0.15) is 0 Å². The number of aliphatic hydroxyl groups is 1. The second kappa shape index (κ2) is 7.75. The molecule has 3 rings (SSSR count). The zero-order chi connectivity index (χ0) is 18.0. The van der Waals surface area contributed by atoms with Gasteiger partial charge in [0, 0.05) is 45.5 Å². The van der Waals surface area contributed by atoms with Crippen LogP contribution in [0, 0.1) is 5.92 Å². The molecule has 1 atom stereocenters. The third kappa shape index (κ3) is 3.98. The Hall–Kier alpha value is -1.59. The maximum absolute atomic E-state index is 12.7. The van der Waals surface area contributed by atoms with E-state index in [4.69, 9.17) is 0 Å². The summed E-state index contributed by atoms with van der Waals surface area (Å²) in [5, 5.41) is 9.24. The number of anilines is 1. The number of benzene rings is 1. The van der Waals surface area contributed by atoms with Crippen LogP contribution in [0.25, 0.3) is 0 Å². The zero-order valence-corrected chi connectivity index (χ0v) is 15.7. The fraction of sp³-hybridized carbons (Fsp3) is 0.650. The highest BCUT2D eigenvalue weighted by atomic mass is 16.3. The Labute approximate surface area is 151 Å². The Kier molecular flexibility index (Phi) is 5.64. The van der Waals surface area contributed by atoms with Crippen molar-refractivity contribution in [2.45, 2.75) is 31.7 Å². The number of carbonyl (C=O) groups excluding carboxylic acids is 1. The Morgan fingerprint density at radius 2 is 1.80 bits per heavy atom. The fourth-order valence-electron chi connectivity index (χ4n) is 3.84. The molecule has 0 aliphatic carbocycles. The lowest BCUT2D eigenvalue weighted by molar-refractivity contribution is -0.140. The number of carbonyl (C=O) groups is 1. The van der Waals surface area contributed by atoms with Gasteiger partial charge in [-0.2, -0.15) is 0 Å². The third-order valence-corrected chi connectivity index (χ3v) is 5.88. The molecule has 0 bridgehead atoms. The van der Waals surface area contributed by atoms with Gasteiger partial charge >= 0.3 is 0 Å². The van der Waals surface area contributed by atoms with E-state index in [1.807, 2.05) is 25.9 Å². The highest BCUT2D eigenvalue weighted by Gasteiger charge is 2.37. The molecule has 1 aromatic carbocycles. The smallest absolute Gasteiger partial charge is 0.229 e. The van der Waals surface area contributed by atoms with Crippen molar-refractivity contribution in [2.75, 3.05) is 51.8 Å². The van der Waals surface area contributed by atoms with Crippen LogP contribution in [-0.2, 0) is 4.79 Å². The second-order valence-electron chi connectivity index (χ2n) is 7.77. The molecule has 2 fully saturated rings. The normalized spacial score (nSPS) is 21.0. The van der Waals surface area contributed by atoms with Crippen LogP contribution in [0.5, 0.6) is 0 Å². The highest BCUT2D eigenvalue weighted by molar-refractivity contribution is 5.84. The van der Waals surface area contributed by atoms with E-state index < -0.39 is 0 Å². The largest absolute Gasteiger partial charge is 0.396 e. The number of nitrogens with zero attached hydrogens (tertiary/aromatic N) is 3. The molecule has 0 spiro atoms. The van der Waals surface area contributed by atoms with Crippen molar-refractivity contribution in [1.82, 2.24) is 9.80 Å². The molecule has 2 heterocycles. The van der Waals surface area contributed by atoms with Crippen molar-refractivity contribution in [1.29, 1.82) is 0 Å². The van der Waals surface area contributed by atoms with E-state index in [2.05, 4.69) is 34.1 Å². The van der Waals surface area contributed by atoms with Crippen LogP contribution in [-0.4, -0.2) is 73.7 Å². The van der Waals surface area contributed by atoms with Gasteiger partial charge < -0.3 is 14.9 Å². The van der Waals surface area contributed by atoms with E-state index in [1.165, 1.54) is 0 Å². The van der Waals surface area contributed by atoms with Gasteiger partial charge in [0.25, 0.3) is 0 Å². The summed E-state index contributed by atoms with van der Waals surface area (Å²) >= 11 is 0. The van der Waals surface area contributed by atoms with Crippen LogP contribution in [0.15, 0.2) is 24.3 Å². The first kappa shape index (κ1) is 18.2. The van der Waals surface area contributed by atoms with Crippen LogP contribution in [0.3, 0.4) is 0 Å². The van der Waals surface area contributed by atoms with Crippen molar-refractivity contribution in [3.05, 3.63) is 29.8 Å². The molecule has 25 heavy (non-hydrogen) atoms. The molecule has 1 unspecified atom stereocenters. The molecular formula is C20H31N3O2. The first-order valence-corrected chi connectivity index (χ1v) is 9.40. The van der Waals surface area contributed by atoms with Crippen molar-refractivity contribution >= 4 is 11.6 Å². The lowest BCUT2D eigenvalue weighted by Crippen LogP contribution is -2.62. The number of rotatable bonds is 5. The van der Waals surface area contributed by atoms with Crippen LogP contribution in [0.4, 0.5) is 5.69 Å². The lowest BCUT2D eigenvalue weighted by atomic mass is 9.93. The summed E-state index contributed by atoms with van der Waals surface area (Å²) in [6, 6.07) is 8.78. The summed E-state index contributed by atoms with van der Waals surface area (Å²) in [5.74, 6) is 0.621. The van der Waals surface area contributed by atoms with Crippen molar-refractivity contribution < 1.29 is 9.90 Å². The molecule has 138 valence electrons. The molecule has 1 amide bonds. The number of amides is 1. The molecule has 5 heteroatoms. The minimum Gasteiger partial charge on any atom is -0.396 e. The molecule has 0 radical (unpaired) electrons. The predicted octanol–water partition coefficient (Wildman–Crippen LogP) is 1.77. The molecule has 2 saturated heterocycles. The minimum atomic E-state index is -0.0858. The van der Waals surface area contributed by atoms with E-state index in [0.717, 1.165) is 50.3 Å². The first-order valence-electron chi connectivity index (χ1n) is 9.40. The zero-order valence-electron chi connectivity index (χ0n) is 15.7. The van der Waals surface area contributed by atoms with Gasteiger partial charge in [-0.05, 0) is 56.5 Å². The molecule has 1 N–H and O–H groups in total. The molecule has 0 saturated carbocycles. The molecule has 1 aromatic rings. The minimum absolute atomic E-state index is 0.0858. The number of aliphatic hydroxyl groups excluding tert-OH is 1. The number of piperidine rings is 1.